The van der Waals surface area contributed by atoms with Gasteiger partial charge < -0.3 is 26.0 Å². The van der Waals surface area contributed by atoms with E-state index in [2.05, 4.69) is 15.3 Å². The second kappa shape index (κ2) is 9.94. The summed E-state index contributed by atoms with van der Waals surface area (Å²) in [5.41, 5.74) is -0.202. The number of carbonyl (C=O) groups excluding carboxylic acids is 2. The predicted octanol–water partition coefficient (Wildman–Crippen LogP) is 3.77. The number of halogens is 4. The van der Waals surface area contributed by atoms with Crippen LogP contribution in [0.2, 0.25) is 0 Å². The van der Waals surface area contributed by atoms with Crippen LogP contribution in [0.1, 0.15) is 34.2 Å². The number of nitrogens with one attached hydrogen (secondary N) is 1. The summed E-state index contributed by atoms with van der Waals surface area (Å²) in [6.45, 7) is 1.38. The summed E-state index contributed by atoms with van der Waals surface area (Å²) in [6, 6.07) is 11.1. The Labute approximate surface area is 236 Å². The quantitative estimate of drug-likeness (QED) is 0.252. The van der Waals surface area contributed by atoms with Crippen LogP contribution in [-0.2, 0) is 15.8 Å². The summed E-state index contributed by atoms with van der Waals surface area (Å²) < 4.78 is 63.0. The van der Waals surface area contributed by atoms with Crippen molar-refractivity contribution in [1.82, 2.24) is 15.3 Å². The monoisotopic (exact) mass is 584 g/mol. The SMILES string of the molecule is Cc1ccc2cc(C(=O)NC[C@](O)(c3cc4c(c(-c5ccc(F)cc5)n3)OC[C@]4(C)C(N)=O)C(F)(F)F)cc(O)c2n1. The highest BCUT2D eigenvalue weighted by Crippen LogP contribution is 2.47. The number of aromatic hydroxyl groups is 1. The Kier molecular flexibility index (Phi) is 6.80. The molecule has 0 bridgehead atoms. The van der Waals surface area contributed by atoms with E-state index in [9.17, 15) is 37.4 Å². The molecule has 2 aromatic heterocycles. The van der Waals surface area contributed by atoms with Gasteiger partial charge in [0.25, 0.3) is 5.91 Å². The fraction of sp³-hybridized carbons (Fsp3) is 0.241. The maximum Gasteiger partial charge on any atom is 0.424 e. The molecule has 5 N–H and O–H groups in total. The molecule has 218 valence electrons. The van der Waals surface area contributed by atoms with E-state index in [-0.39, 0.29) is 46.0 Å². The minimum absolute atomic E-state index is 0.0456. The van der Waals surface area contributed by atoms with Crippen molar-refractivity contribution in [2.24, 2.45) is 5.73 Å². The molecule has 0 saturated carbocycles. The number of aromatic nitrogens is 2. The van der Waals surface area contributed by atoms with E-state index in [4.69, 9.17) is 10.5 Å². The molecule has 4 aromatic rings. The number of nitrogens with zero attached hydrogens (tertiary/aromatic N) is 2. The average Bonchev–Trinajstić information content (AvgIpc) is 3.29. The van der Waals surface area contributed by atoms with Gasteiger partial charge >= 0.3 is 6.18 Å². The van der Waals surface area contributed by atoms with Crippen molar-refractivity contribution in [2.45, 2.75) is 31.0 Å². The molecule has 0 unspecified atom stereocenters. The Morgan fingerprint density at radius 2 is 1.79 bits per heavy atom. The van der Waals surface area contributed by atoms with Gasteiger partial charge in [0, 0.05) is 27.8 Å². The zero-order valence-electron chi connectivity index (χ0n) is 22.2. The number of phenols is 1. The third-order valence-electron chi connectivity index (χ3n) is 7.31. The Balaban J connectivity index is 1.58. The second-order valence-corrected chi connectivity index (χ2v) is 10.3. The van der Waals surface area contributed by atoms with Gasteiger partial charge in [-0.15, -0.1) is 0 Å². The molecule has 0 aliphatic carbocycles. The van der Waals surface area contributed by atoms with E-state index in [1.807, 2.05) is 0 Å². The van der Waals surface area contributed by atoms with Crippen molar-refractivity contribution in [2.75, 3.05) is 13.2 Å². The molecule has 42 heavy (non-hydrogen) atoms. The number of aliphatic hydroxyl groups is 1. The van der Waals surface area contributed by atoms with Gasteiger partial charge in [-0.3, -0.25) is 9.59 Å². The van der Waals surface area contributed by atoms with Crippen molar-refractivity contribution in [3.63, 3.8) is 0 Å². The number of primary amides is 1. The molecule has 1 aliphatic rings. The number of amides is 2. The number of nitrogens with two attached hydrogens (primary N) is 1. The highest BCUT2D eigenvalue weighted by molar-refractivity contribution is 6.00. The highest BCUT2D eigenvalue weighted by atomic mass is 19.4. The Morgan fingerprint density at radius 3 is 2.43 bits per heavy atom. The van der Waals surface area contributed by atoms with Gasteiger partial charge in [0.15, 0.2) is 0 Å². The summed E-state index contributed by atoms with van der Waals surface area (Å²) in [6.07, 6.45) is -5.38. The Hall–Kier alpha value is -4.78. The predicted molar refractivity (Wildman–Crippen MR) is 142 cm³/mol. The smallest absolute Gasteiger partial charge is 0.424 e. The standard InChI is InChI=1S/C29H24F4N4O5/c1-14-3-4-16-9-17(10-20(38)22(16)36-14)25(39)35-12-28(41,29(31,32)33)21-11-19-24(42-13-27(19,2)26(34)40)23(37-21)15-5-7-18(30)8-6-15/h3-11,38,41H,12-13H2,1-2H3,(H2,34,40)(H,35,39)/t27-,28-/m0/s1. The van der Waals surface area contributed by atoms with E-state index in [1.165, 1.54) is 25.1 Å². The van der Waals surface area contributed by atoms with E-state index in [0.29, 0.717) is 11.1 Å². The molecular formula is C29H24F4N4O5. The molecule has 13 heteroatoms. The zero-order valence-corrected chi connectivity index (χ0v) is 22.2. The molecule has 9 nitrogen and oxygen atoms in total. The number of alkyl halides is 3. The summed E-state index contributed by atoms with van der Waals surface area (Å²) in [7, 11) is 0. The number of hydrogen-bond acceptors (Lipinski definition) is 7. The lowest BCUT2D eigenvalue weighted by molar-refractivity contribution is -0.265. The fourth-order valence-electron chi connectivity index (χ4n) is 4.69. The van der Waals surface area contributed by atoms with Crippen molar-refractivity contribution in [3.8, 4) is 22.8 Å². The number of phenolic OH excluding ortho intramolecular Hbond substituents is 1. The normalized spacial score (nSPS) is 17.8. The van der Waals surface area contributed by atoms with Crippen molar-refractivity contribution >= 4 is 22.7 Å². The summed E-state index contributed by atoms with van der Waals surface area (Å²) in [4.78, 5) is 33.5. The van der Waals surface area contributed by atoms with Gasteiger partial charge in [-0.2, -0.15) is 13.2 Å². The van der Waals surface area contributed by atoms with Gasteiger partial charge in [-0.05, 0) is 62.4 Å². The first-order chi connectivity index (χ1) is 19.6. The average molecular weight is 585 g/mol. The number of benzene rings is 2. The van der Waals surface area contributed by atoms with Crippen LogP contribution in [-0.4, -0.2) is 51.3 Å². The number of carbonyl (C=O) groups is 2. The third kappa shape index (κ3) is 4.75. The molecule has 0 saturated heterocycles. The van der Waals surface area contributed by atoms with Crippen LogP contribution in [0.25, 0.3) is 22.2 Å². The molecule has 0 fully saturated rings. The maximum absolute atomic E-state index is 14.6. The molecule has 0 spiro atoms. The van der Waals surface area contributed by atoms with E-state index in [0.717, 1.165) is 24.3 Å². The third-order valence-corrected chi connectivity index (χ3v) is 7.31. The van der Waals surface area contributed by atoms with Gasteiger partial charge in [-0.25, -0.2) is 14.4 Å². The molecule has 1 aliphatic heterocycles. The lowest BCUT2D eigenvalue weighted by Crippen LogP contribution is -2.51. The Bertz CT molecular complexity index is 1750. The van der Waals surface area contributed by atoms with Crippen molar-refractivity contribution < 1.29 is 42.1 Å². The number of ether oxygens (including phenoxy) is 1. The molecular weight excluding hydrogens is 560 g/mol. The summed E-state index contributed by atoms with van der Waals surface area (Å²) >= 11 is 0. The summed E-state index contributed by atoms with van der Waals surface area (Å²) in [5.74, 6) is -2.94. The topological polar surface area (TPSA) is 148 Å². The van der Waals surface area contributed by atoms with Crippen LogP contribution < -0.4 is 15.8 Å². The first kappa shape index (κ1) is 28.7. The maximum atomic E-state index is 14.6. The molecule has 2 aromatic carbocycles. The van der Waals surface area contributed by atoms with Crippen LogP contribution in [0.3, 0.4) is 0 Å². The molecule has 2 atom stereocenters. The number of fused-ring (bicyclic) bond motifs is 2. The largest absolute Gasteiger partial charge is 0.506 e. The van der Waals surface area contributed by atoms with Crippen LogP contribution >= 0.6 is 0 Å². The number of aryl methyl sites for hydroxylation is 1. The zero-order chi connectivity index (χ0) is 30.6. The van der Waals surface area contributed by atoms with Crippen LogP contribution in [0.15, 0.2) is 54.6 Å². The van der Waals surface area contributed by atoms with E-state index < -0.39 is 47.1 Å². The van der Waals surface area contributed by atoms with Gasteiger partial charge in [0.05, 0.1) is 12.2 Å². The van der Waals surface area contributed by atoms with Crippen molar-refractivity contribution in [1.29, 1.82) is 0 Å². The molecule has 3 heterocycles. The van der Waals surface area contributed by atoms with Crippen LogP contribution in [0, 0.1) is 12.7 Å². The number of hydrogen-bond donors (Lipinski definition) is 4. The first-order valence-electron chi connectivity index (χ1n) is 12.6. The molecule has 2 amide bonds. The van der Waals surface area contributed by atoms with Crippen molar-refractivity contribution in [3.05, 3.63) is 82.9 Å². The number of pyridine rings is 2. The fourth-order valence-corrected chi connectivity index (χ4v) is 4.69. The van der Waals surface area contributed by atoms with E-state index in [1.54, 1.807) is 19.1 Å². The summed E-state index contributed by atoms with van der Waals surface area (Å²) in [5, 5.41) is 23.9. The van der Waals surface area contributed by atoms with Crippen LogP contribution in [0.4, 0.5) is 17.6 Å². The lowest BCUT2D eigenvalue weighted by atomic mass is 9.81. The second-order valence-electron chi connectivity index (χ2n) is 10.3. The highest BCUT2D eigenvalue weighted by Gasteiger charge is 2.57. The minimum Gasteiger partial charge on any atom is -0.506 e. The number of rotatable bonds is 6. The van der Waals surface area contributed by atoms with E-state index >= 15 is 0 Å². The lowest BCUT2D eigenvalue weighted by Gasteiger charge is -2.31. The minimum atomic E-state index is -5.38. The van der Waals surface area contributed by atoms with Gasteiger partial charge in [0.2, 0.25) is 11.5 Å². The van der Waals surface area contributed by atoms with Crippen LogP contribution in [0.5, 0.6) is 11.5 Å². The first-order valence-corrected chi connectivity index (χ1v) is 12.6. The van der Waals surface area contributed by atoms with Gasteiger partial charge in [0.1, 0.15) is 40.5 Å². The Morgan fingerprint density at radius 1 is 1.10 bits per heavy atom. The molecule has 5 rings (SSSR count). The van der Waals surface area contributed by atoms with Gasteiger partial charge in [-0.1, -0.05) is 6.07 Å². The molecule has 0 radical (unpaired) electrons.